The minimum Gasteiger partial charge on any atom is -0.396 e. The molecule has 0 unspecified atom stereocenters. The summed E-state index contributed by atoms with van der Waals surface area (Å²) < 4.78 is 1.57. The molecule has 0 atom stereocenters. The molecule has 96 valence electrons. The summed E-state index contributed by atoms with van der Waals surface area (Å²) in [6.45, 7) is 2.44. The second-order valence-corrected chi connectivity index (χ2v) is 3.78. The summed E-state index contributed by atoms with van der Waals surface area (Å²) in [7, 11) is 0. The summed E-state index contributed by atoms with van der Waals surface area (Å²) in [5.41, 5.74) is 1.27. The molecule has 2 aromatic rings. The molecule has 0 aliphatic heterocycles. The SMILES string of the molecule is CCc1c(C(=O)NCCCO)cnc2ncnn12. The predicted molar refractivity (Wildman–Crippen MR) is 64.2 cm³/mol. The highest BCUT2D eigenvalue weighted by atomic mass is 16.3. The van der Waals surface area contributed by atoms with Crippen molar-refractivity contribution in [2.75, 3.05) is 13.2 Å². The van der Waals surface area contributed by atoms with Gasteiger partial charge in [-0.25, -0.2) is 9.50 Å². The van der Waals surface area contributed by atoms with Crippen molar-refractivity contribution < 1.29 is 9.90 Å². The zero-order chi connectivity index (χ0) is 13.0. The summed E-state index contributed by atoms with van der Waals surface area (Å²) in [4.78, 5) is 20.0. The van der Waals surface area contributed by atoms with Crippen LogP contribution in [0.1, 0.15) is 29.4 Å². The minimum absolute atomic E-state index is 0.0568. The van der Waals surface area contributed by atoms with Gasteiger partial charge in [-0.2, -0.15) is 10.1 Å². The zero-order valence-corrected chi connectivity index (χ0v) is 10.1. The summed E-state index contributed by atoms with van der Waals surface area (Å²) in [6, 6.07) is 0. The van der Waals surface area contributed by atoms with Crippen LogP contribution in [-0.2, 0) is 6.42 Å². The normalized spacial score (nSPS) is 10.8. The van der Waals surface area contributed by atoms with Crippen LogP contribution in [0.5, 0.6) is 0 Å². The monoisotopic (exact) mass is 249 g/mol. The van der Waals surface area contributed by atoms with Crippen LogP contribution < -0.4 is 5.32 Å². The van der Waals surface area contributed by atoms with Gasteiger partial charge < -0.3 is 10.4 Å². The van der Waals surface area contributed by atoms with Crippen LogP contribution in [-0.4, -0.2) is 43.7 Å². The molecule has 0 spiro atoms. The van der Waals surface area contributed by atoms with Crippen molar-refractivity contribution in [1.29, 1.82) is 0 Å². The quantitative estimate of drug-likeness (QED) is 0.716. The van der Waals surface area contributed by atoms with E-state index in [1.54, 1.807) is 4.52 Å². The maximum absolute atomic E-state index is 12.0. The second kappa shape index (κ2) is 5.54. The smallest absolute Gasteiger partial charge is 0.254 e. The lowest BCUT2D eigenvalue weighted by Crippen LogP contribution is -2.27. The van der Waals surface area contributed by atoms with Crippen LogP contribution in [0.4, 0.5) is 0 Å². The molecular weight excluding hydrogens is 234 g/mol. The van der Waals surface area contributed by atoms with E-state index >= 15 is 0 Å². The summed E-state index contributed by atoms with van der Waals surface area (Å²) >= 11 is 0. The molecule has 0 aliphatic carbocycles. The molecule has 2 N–H and O–H groups in total. The van der Waals surface area contributed by atoms with E-state index in [4.69, 9.17) is 5.11 Å². The van der Waals surface area contributed by atoms with Gasteiger partial charge in [-0.05, 0) is 12.8 Å². The number of amides is 1. The highest BCUT2D eigenvalue weighted by molar-refractivity contribution is 5.95. The van der Waals surface area contributed by atoms with Gasteiger partial charge in [0.2, 0.25) is 0 Å². The van der Waals surface area contributed by atoms with Gasteiger partial charge in [0.15, 0.2) is 0 Å². The summed E-state index contributed by atoms with van der Waals surface area (Å²) in [6.07, 6.45) is 4.11. The lowest BCUT2D eigenvalue weighted by molar-refractivity contribution is 0.0949. The van der Waals surface area contributed by atoms with Gasteiger partial charge in [0.1, 0.15) is 6.33 Å². The van der Waals surface area contributed by atoms with Gasteiger partial charge in [-0.3, -0.25) is 4.79 Å². The predicted octanol–water partition coefficient (Wildman–Crippen LogP) is -0.201. The molecule has 2 rings (SSSR count). The van der Waals surface area contributed by atoms with Gasteiger partial charge >= 0.3 is 0 Å². The topological polar surface area (TPSA) is 92.4 Å². The first-order valence-electron chi connectivity index (χ1n) is 5.84. The van der Waals surface area contributed by atoms with Crippen molar-refractivity contribution in [2.45, 2.75) is 19.8 Å². The van der Waals surface area contributed by atoms with Crippen molar-refractivity contribution >= 4 is 11.7 Å². The highest BCUT2D eigenvalue weighted by Crippen LogP contribution is 2.09. The minimum atomic E-state index is -0.204. The van der Waals surface area contributed by atoms with Crippen LogP contribution in [0.3, 0.4) is 0 Å². The third-order valence-electron chi connectivity index (χ3n) is 2.61. The molecule has 7 heteroatoms. The number of carbonyl (C=O) groups excluding carboxylic acids is 1. The second-order valence-electron chi connectivity index (χ2n) is 3.78. The molecule has 0 bridgehead atoms. The first kappa shape index (κ1) is 12.4. The average molecular weight is 249 g/mol. The van der Waals surface area contributed by atoms with E-state index in [0.29, 0.717) is 30.7 Å². The maximum Gasteiger partial charge on any atom is 0.254 e. The first-order valence-corrected chi connectivity index (χ1v) is 5.84. The number of carbonyl (C=O) groups is 1. The van der Waals surface area contributed by atoms with E-state index in [2.05, 4.69) is 20.4 Å². The van der Waals surface area contributed by atoms with Gasteiger partial charge in [0, 0.05) is 19.3 Å². The Morgan fingerprint density at radius 1 is 1.50 bits per heavy atom. The number of fused-ring (bicyclic) bond motifs is 1. The van der Waals surface area contributed by atoms with Crippen LogP contribution in [0, 0.1) is 0 Å². The fraction of sp³-hybridized carbons (Fsp3) is 0.455. The van der Waals surface area contributed by atoms with Gasteiger partial charge in [0.05, 0.1) is 11.3 Å². The Bertz CT molecular complexity index is 551. The number of hydrogen-bond acceptors (Lipinski definition) is 5. The third-order valence-corrected chi connectivity index (χ3v) is 2.61. The molecule has 0 aromatic carbocycles. The molecular formula is C11H15N5O2. The fourth-order valence-electron chi connectivity index (χ4n) is 1.73. The van der Waals surface area contributed by atoms with Gasteiger partial charge in [0.25, 0.3) is 11.7 Å². The summed E-state index contributed by atoms with van der Waals surface area (Å²) in [5.74, 6) is 0.281. The Morgan fingerprint density at radius 2 is 2.33 bits per heavy atom. The maximum atomic E-state index is 12.0. The Balaban J connectivity index is 2.29. The Labute approximate surface area is 104 Å². The van der Waals surface area contributed by atoms with E-state index in [-0.39, 0.29) is 12.5 Å². The number of nitrogens with one attached hydrogen (secondary N) is 1. The van der Waals surface area contributed by atoms with Crippen LogP contribution >= 0.6 is 0 Å². The lowest BCUT2D eigenvalue weighted by atomic mass is 10.2. The van der Waals surface area contributed by atoms with Crippen LogP contribution in [0.25, 0.3) is 5.78 Å². The van der Waals surface area contributed by atoms with Crippen LogP contribution in [0.15, 0.2) is 12.5 Å². The number of rotatable bonds is 5. The number of aryl methyl sites for hydroxylation is 1. The highest BCUT2D eigenvalue weighted by Gasteiger charge is 2.14. The molecule has 7 nitrogen and oxygen atoms in total. The Hall–Kier alpha value is -2.02. The van der Waals surface area contributed by atoms with Crippen LogP contribution in [0.2, 0.25) is 0 Å². The van der Waals surface area contributed by atoms with E-state index in [9.17, 15) is 4.79 Å². The van der Waals surface area contributed by atoms with E-state index < -0.39 is 0 Å². The van der Waals surface area contributed by atoms with Gasteiger partial charge in [-0.1, -0.05) is 6.92 Å². The molecule has 0 saturated carbocycles. The first-order chi connectivity index (χ1) is 8.77. The van der Waals surface area contributed by atoms with Crippen molar-refractivity contribution in [3.63, 3.8) is 0 Å². The van der Waals surface area contributed by atoms with Crippen molar-refractivity contribution in [2.24, 2.45) is 0 Å². The largest absolute Gasteiger partial charge is 0.396 e. The Morgan fingerprint density at radius 3 is 3.06 bits per heavy atom. The van der Waals surface area contributed by atoms with E-state index in [1.807, 2.05) is 6.92 Å². The molecule has 0 radical (unpaired) electrons. The van der Waals surface area contributed by atoms with Crippen molar-refractivity contribution in [3.8, 4) is 0 Å². The molecule has 2 heterocycles. The number of aliphatic hydroxyl groups is 1. The molecule has 2 aromatic heterocycles. The lowest BCUT2D eigenvalue weighted by Gasteiger charge is -2.09. The van der Waals surface area contributed by atoms with Crippen molar-refractivity contribution in [1.82, 2.24) is 24.9 Å². The Kier molecular flexibility index (Phi) is 3.83. The molecule has 0 aliphatic rings. The summed E-state index contributed by atoms with van der Waals surface area (Å²) in [5, 5.41) is 15.5. The third kappa shape index (κ3) is 2.30. The molecule has 18 heavy (non-hydrogen) atoms. The number of nitrogens with zero attached hydrogens (tertiary/aromatic N) is 4. The zero-order valence-electron chi connectivity index (χ0n) is 10.1. The van der Waals surface area contributed by atoms with E-state index in [0.717, 1.165) is 5.69 Å². The molecule has 0 fully saturated rings. The standard InChI is InChI=1S/C11H15N5O2/c1-2-9-8(10(18)12-4-3-5-17)6-13-11-14-7-15-16(9)11/h6-7,17H,2-5H2,1H3,(H,12,18). The molecule has 1 amide bonds. The average Bonchev–Trinajstić information content (AvgIpc) is 2.85. The van der Waals surface area contributed by atoms with Gasteiger partial charge in [-0.15, -0.1) is 0 Å². The molecule has 0 saturated heterocycles. The van der Waals surface area contributed by atoms with Crippen molar-refractivity contribution in [3.05, 3.63) is 23.8 Å². The number of aromatic nitrogens is 4. The number of aliphatic hydroxyl groups excluding tert-OH is 1. The number of hydrogen-bond donors (Lipinski definition) is 2. The fourth-order valence-corrected chi connectivity index (χ4v) is 1.73. The van der Waals surface area contributed by atoms with E-state index in [1.165, 1.54) is 12.5 Å².